The average molecular weight is 293 g/mol. The number of amides is 4. The van der Waals surface area contributed by atoms with E-state index in [2.05, 4.69) is 16.0 Å². The van der Waals surface area contributed by atoms with Crippen LogP contribution in [0, 0.1) is 5.92 Å². The molecule has 1 unspecified atom stereocenters. The highest BCUT2D eigenvalue weighted by molar-refractivity contribution is 5.98. The zero-order chi connectivity index (χ0) is 14.9. The molecule has 4 amide bonds. The Hall–Kier alpha value is -1.59. The van der Waals surface area contributed by atoms with Gasteiger partial charge in [-0.25, -0.2) is 4.79 Å². The molecule has 0 aromatic heterocycles. The third kappa shape index (κ3) is 3.19. The quantitative estimate of drug-likeness (QED) is 0.730. The number of urea groups is 1. The molecule has 0 aromatic carbocycles. The Morgan fingerprint density at radius 2 is 1.81 bits per heavy atom. The third-order valence-corrected chi connectivity index (χ3v) is 5.08. The van der Waals surface area contributed by atoms with Gasteiger partial charge in [-0.05, 0) is 38.0 Å². The van der Waals surface area contributed by atoms with Crippen molar-refractivity contribution < 1.29 is 14.4 Å². The second kappa shape index (κ2) is 5.66. The Balaban J connectivity index is 1.60. The molecule has 0 aromatic rings. The number of carbonyl (C=O) groups excluding carboxylic acids is 3. The average Bonchev–Trinajstić information content (AvgIpc) is 3.26. The summed E-state index contributed by atoms with van der Waals surface area (Å²) in [5.74, 6) is 0.121. The standard InChI is InChI=1S/C15H23N3O3/c19-12-7-6-11(16-14(21)17-12)13(20)18-15(8-9-15)10-4-2-1-3-5-10/h10-11H,1-9H2,(H,18,20)(H2,16,17,19,21). The molecule has 3 aliphatic rings. The van der Waals surface area contributed by atoms with Gasteiger partial charge in [0.1, 0.15) is 6.04 Å². The summed E-state index contributed by atoms with van der Waals surface area (Å²) >= 11 is 0. The van der Waals surface area contributed by atoms with Gasteiger partial charge < -0.3 is 10.6 Å². The van der Waals surface area contributed by atoms with Gasteiger partial charge in [0.15, 0.2) is 0 Å². The number of hydrogen-bond acceptors (Lipinski definition) is 3. The Morgan fingerprint density at radius 3 is 2.48 bits per heavy atom. The van der Waals surface area contributed by atoms with Crippen molar-refractivity contribution in [2.45, 2.75) is 69.4 Å². The van der Waals surface area contributed by atoms with E-state index >= 15 is 0 Å². The van der Waals surface area contributed by atoms with E-state index in [9.17, 15) is 14.4 Å². The van der Waals surface area contributed by atoms with Crippen molar-refractivity contribution in [1.29, 1.82) is 0 Å². The summed E-state index contributed by atoms with van der Waals surface area (Å²) in [6.45, 7) is 0. The first kappa shape index (κ1) is 14.4. The summed E-state index contributed by atoms with van der Waals surface area (Å²) in [4.78, 5) is 35.2. The van der Waals surface area contributed by atoms with Crippen LogP contribution in [0.25, 0.3) is 0 Å². The van der Waals surface area contributed by atoms with Gasteiger partial charge in [-0.1, -0.05) is 19.3 Å². The molecule has 1 heterocycles. The number of rotatable bonds is 3. The minimum Gasteiger partial charge on any atom is -0.349 e. The smallest absolute Gasteiger partial charge is 0.322 e. The Bertz CT molecular complexity index is 453. The molecule has 21 heavy (non-hydrogen) atoms. The summed E-state index contributed by atoms with van der Waals surface area (Å²) in [6.07, 6.45) is 8.84. The van der Waals surface area contributed by atoms with E-state index in [1.807, 2.05) is 0 Å². The van der Waals surface area contributed by atoms with Crippen molar-refractivity contribution in [3.8, 4) is 0 Å². The largest absolute Gasteiger partial charge is 0.349 e. The predicted octanol–water partition coefficient (Wildman–Crippen LogP) is 1.20. The maximum Gasteiger partial charge on any atom is 0.322 e. The van der Waals surface area contributed by atoms with E-state index in [4.69, 9.17) is 0 Å². The second-order valence-corrected chi connectivity index (χ2v) is 6.59. The lowest BCUT2D eigenvalue weighted by Crippen LogP contribution is -2.53. The van der Waals surface area contributed by atoms with Crippen molar-refractivity contribution in [3.05, 3.63) is 0 Å². The molecule has 3 fully saturated rings. The van der Waals surface area contributed by atoms with Crippen molar-refractivity contribution in [2.24, 2.45) is 5.92 Å². The summed E-state index contributed by atoms with van der Waals surface area (Å²) in [5.41, 5.74) is -0.0357. The minimum atomic E-state index is -0.600. The van der Waals surface area contributed by atoms with Gasteiger partial charge in [-0.15, -0.1) is 0 Å². The van der Waals surface area contributed by atoms with Crippen LogP contribution < -0.4 is 16.0 Å². The molecule has 6 heteroatoms. The highest BCUT2D eigenvalue weighted by Crippen LogP contribution is 2.48. The van der Waals surface area contributed by atoms with Crippen molar-refractivity contribution in [2.75, 3.05) is 0 Å². The van der Waals surface area contributed by atoms with E-state index in [1.165, 1.54) is 32.1 Å². The van der Waals surface area contributed by atoms with Gasteiger partial charge in [-0.2, -0.15) is 0 Å². The van der Waals surface area contributed by atoms with Crippen LogP contribution in [0.4, 0.5) is 4.79 Å². The van der Waals surface area contributed by atoms with Crippen molar-refractivity contribution >= 4 is 17.8 Å². The predicted molar refractivity (Wildman–Crippen MR) is 76.4 cm³/mol. The maximum atomic E-state index is 12.4. The van der Waals surface area contributed by atoms with E-state index in [-0.39, 0.29) is 23.8 Å². The molecule has 1 saturated heterocycles. The molecular weight excluding hydrogens is 270 g/mol. The van der Waals surface area contributed by atoms with Crippen LogP contribution in [-0.4, -0.2) is 29.4 Å². The van der Waals surface area contributed by atoms with Gasteiger partial charge in [0.05, 0.1) is 0 Å². The van der Waals surface area contributed by atoms with Crippen molar-refractivity contribution in [1.82, 2.24) is 16.0 Å². The Morgan fingerprint density at radius 1 is 1.10 bits per heavy atom. The molecule has 3 N–H and O–H groups in total. The molecule has 1 atom stereocenters. The highest BCUT2D eigenvalue weighted by Gasteiger charge is 2.50. The lowest BCUT2D eigenvalue weighted by molar-refractivity contribution is -0.124. The molecule has 116 valence electrons. The number of nitrogens with one attached hydrogen (secondary N) is 3. The molecule has 0 spiro atoms. The molecule has 6 nitrogen and oxygen atoms in total. The molecule has 2 aliphatic carbocycles. The molecule has 0 bridgehead atoms. The fourth-order valence-electron chi connectivity index (χ4n) is 3.69. The Labute approximate surface area is 124 Å². The monoisotopic (exact) mass is 293 g/mol. The molecular formula is C15H23N3O3. The van der Waals surface area contributed by atoms with Gasteiger partial charge in [0.2, 0.25) is 11.8 Å². The maximum absolute atomic E-state index is 12.4. The highest BCUT2D eigenvalue weighted by atomic mass is 16.2. The Kier molecular flexibility index (Phi) is 3.87. The summed E-state index contributed by atoms with van der Waals surface area (Å²) in [6, 6.07) is -1.17. The van der Waals surface area contributed by atoms with Gasteiger partial charge in [0, 0.05) is 12.0 Å². The second-order valence-electron chi connectivity index (χ2n) is 6.59. The van der Waals surface area contributed by atoms with Crippen LogP contribution in [0.5, 0.6) is 0 Å². The molecule has 3 rings (SSSR count). The van der Waals surface area contributed by atoms with E-state index < -0.39 is 12.1 Å². The number of carbonyl (C=O) groups is 3. The fraction of sp³-hybridized carbons (Fsp3) is 0.800. The number of imide groups is 1. The zero-order valence-corrected chi connectivity index (χ0v) is 12.2. The fourth-order valence-corrected chi connectivity index (χ4v) is 3.69. The molecule has 1 aliphatic heterocycles. The van der Waals surface area contributed by atoms with E-state index in [0.29, 0.717) is 12.3 Å². The van der Waals surface area contributed by atoms with Crippen LogP contribution in [0.15, 0.2) is 0 Å². The first-order valence-electron chi connectivity index (χ1n) is 8.01. The minimum absolute atomic E-state index is 0.0357. The van der Waals surface area contributed by atoms with Crippen LogP contribution >= 0.6 is 0 Å². The molecule has 2 saturated carbocycles. The first-order valence-corrected chi connectivity index (χ1v) is 8.01. The van der Waals surface area contributed by atoms with Crippen LogP contribution in [0.1, 0.15) is 57.8 Å². The first-order chi connectivity index (χ1) is 10.1. The zero-order valence-electron chi connectivity index (χ0n) is 12.2. The van der Waals surface area contributed by atoms with E-state index in [1.54, 1.807) is 0 Å². The van der Waals surface area contributed by atoms with Gasteiger partial charge in [-0.3, -0.25) is 14.9 Å². The molecule has 0 radical (unpaired) electrons. The van der Waals surface area contributed by atoms with Crippen LogP contribution in [0.3, 0.4) is 0 Å². The van der Waals surface area contributed by atoms with E-state index in [0.717, 1.165) is 12.8 Å². The van der Waals surface area contributed by atoms with Crippen LogP contribution in [-0.2, 0) is 9.59 Å². The lowest BCUT2D eigenvalue weighted by atomic mass is 9.82. The summed E-state index contributed by atoms with van der Waals surface area (Å²) < 4.78 is 0. The normalized spacial score (nSPS) is 29.0. The topological polar surface area (TPSA) is 87.3 Å². The summed E-state index contributed by atoms with van der Waals surface area (Å²) in [5, 5.41) is 7.96. The van der Waals surface area contributed by atoms with Crippen molar-refractivity contribution in [3.63, 3.8) is 0 Å². The number of hydrogen-bond donors (Lipinski definition) is 3. The van der Waals surface area contributed by atoms with Gasteiger partial charge in [0.25, 0.3) is 0 Å². The van der Waals surface area contributed by atoms with Crippen LogP contribution in [0.2, 0.25) is 0 Å². The lowest BCUT2D eigenvalue weighted by Gasteiger charge is -2.32. The third-order valence-electron chi connectivity index (χ3n) is 5.08. The van der Waals surface area contributed by atoms with Gasteiger partial charge >= 0.3 is 6.03 Å². The SMILES string of the molecule is O=C1CCC(C(=O)NC2(C3CCCCC3)CC2)NC(=O)N1. The summed E-state index contributed by atoms with van der Waals surface area (Å²) in [7, 11) is 0.